The number of rotatable bonds is 4. The lowest BCUT2D eigenvalue weighted by molar-refractivity contribution is 0.505. The van der Waals surface area contributed by atoms with E-state index in [1.54, 1.807) is 29.8 Å². The maximum Gasteiger partial charge on any atom is 0.183 e. The van der Waals surface area contributed by atoms with Crippen LogP contribution in [0.25, 0.3) is 0 Å². The Balaban J connectivity index is 2.99. The number of thioether (sulfide) groups is 1. The maximum atomic E-state index is 13.6. The van der Waals surface area contributed by atoms with E-state index in [0.29, 0.717) is 6.54 Å². The Bertz CT molecular complexity index is 415. The van der Waals surface area contributed by atoms with Crippen molar-refractivity contribution in [1.29, 1.82) is 5.26 Å². The molecule has 16 heavy (non-hydrogen) atoms. The van der Waals surface area contributed by atoms with Crippen LogP contribution >= 0.6 is 11.8 Å². The van der Waals surface area contributed by atoms with E-state index in [1.807, 2.05) is 6.26 Å². The first kappa shape index (κ1) is 12.8. The van der Waals surface area contributed by atoms with Gasteiger partial charge in [-0.3, -0.25) is 0 Å². The summed E-state index contributed by atoms with van der Waals surface area (Å²) in [5, 5.41) is 8.54. The summed E-state index contributed by atoms with van der Waals surface area (Å²) in [5.74, 6) is -1.20. The summed E-state index contributed by atoms with van der Waals surface area (Å²) >= 11 is 1.63. The molecule has 0 aliphatic rings. The van der Waals surface area contributed by atoms with Gasteiger partial charge in [-0.25, -0.2) is 8.78 Å². The van der Waals surface area contributed by atoms with Crippen LogP contribution in [0.2, 0.25) is 0 Å². The fraction of sp³-hybridized carbons (Fsp3) is 0.364. The average molecular weight is 242 g/mol. The van der Waals surface area contributed by atoms with Gasteiger partial charge in [0.15, 0.2) is 11.6 Å². The summed E-state index contributed by atoms with van der Waals surface area (Å²) in [6, 6.07) is 4.33. The molecule has 0 amide bonds. The van der Waals surface area contributed by atoms with E-state index in [1.165, 1.54) is 12.1 Å². The Morgan fingerprint density at radius 1 is 1.38 bits per heavy atom. The first-order chi connectivity index (χ1) is 7.61. The molecule has 0 saturated carbocycles. The fourth-order valence-corrected chi connectivity index (χ4v) is 1.73. The minimum atomic E-state index is -1.07. The van der Waals surface area contributed by atoms with Crippen LogP contribution < -0.4 is 4.90 Å². The molecule has 0 N–H and O–H groups in total. The fourth-order valence-electron chi connectivity index (χ4n) is 1.27. The van der Waals surface area contributed by atoms with Gasteiger partial charge in [0.2, 0.25) is 0 Å². The topological polar surface area (TPSA) is 27.0 Å². The molecule has 0 aromatic heterocycles. The van der Waals surface area contributed by atoms with Gasteiger partial charge in [-0.2, -0.15) is 17.0 Å². The summed E-state index contributed by atoms with van der Waals surface area (Å²) in [7, 11) is 1.69. The van der Waals surface area contributed by atoms with Gasteiger partial charge >= 0.3 is 0 Å². The van der Waals surface area contributed by atoms with Crippen molar-refractivity contribution in [3.63, 3.8) is 0 Å². The summed E-state index contributed by atoms with van der Waals surface area (Å²) in [6.45, 7) is 0.628. The number of benzene rings is 1. The highest BCUT2D eigenvalue weighted by Crippen LogP contribution is 2.23. The minimum Gasteiger partial charge on any atom is -0.371 e. The van der Waals surface area contributed by atoms with E-state index in [-0.39, 0.29) is 11.3 Å². The quantitative estimate of drug-likeness (QED) is 0.812. The van der Waals surface area contributed by atoms with E-state index >= 15 is 0 Å². The lowest BCUT2D eigenvalue weighted by atomic mass is 10.2. The van der Waals surface area contributed by atoms with E-state index in [9.17, 15) is 8.78 Å². The van der Waals surface area contributed by atoms with Gasteiger partial charge in [-0.05, 0) is 18.4 Å². The summed E-state index contributed by atoms with van der Waals surface area (Å²) < 4.78 is 26.9. The van der Waals surface area contributed by atoms with Crippen molar-refractivity contribution in [3.8, 4) is 6.07 Å². The number of halogens is 2. The molecule has 0 unspecified atom stereocenters. The van der Waals surface area contributed by atoms with E-state index in [4.69, 9.17) is 5.26 Å². The zero-order chi connectivity index (χ0) is 12.1. The average Bonchev–Trinajstić information content (AvgIpc) is 2.29. The van der Waals surface area contributed by atoms with Crippen LogP contribution in [-0.2, 0) is 0 Å². The highest BCUT2D eigenvalue weighted by atomic mass is 32.2. The number of nitriles is 1. The van der Waals surface area contributed by atoms with Gasteiger partial charge in [-0.1, -0.05) is 0 Å². The SMILES string of the molecule is CSCCN(C)c1ccc(C#N)c(F)c1F. The Morgan fingerprint density at radius 3 is 2.62 bits per heavy atom. The first-order valence-electron chi connectivity index (χ1n) is 4.70. The number of hydrogen-bond acceptors (Lipinski definition) is 3. The van der Waals surface area contributed by atoms with Gasteiger partial charge in [-0.15, -0.1) is 0 Å². The van der Waals surface area contributed by atoms with Crippen molar-refractivity contribution in [2.75, 3.05) is 30.5 Å². The van der Waals surface area contributed by atoms with E-state index < -0.39 is 11.6 Å². The molecule has 0 bridgehead atoms. The predicted molar refractivity (Wildman–Crippen MR) is 62.7 cm³/mol. The molecule has 1 aromatic carbocycles. The highest BCUT2D eigenvalue weighted by molar-refractivity contribution is 7.98. The van der Waals surface area contributed by atoms with Crippen LogP contribution in [0.5, 0.6) is 0 Å². The molecule has 0 aliphatic carbocycles. The molecule has 5 heteroatoms. The second kappa shape index (κ2) is 5.71. The summed E-state index contributed by atoms with van der Waals surface area (Å²) in [6.07, 6.45) is 1.95. The third kappa shape index (κ3) is 2.64. The Labute approximate surface area is 97.9 Å². The van der Waals surface area contributed by atoms with Crippen LogP contribution in [-0.4, -0.2) is 25.6 Å². The van der Waals surface area contributed by atoms with Gasteiger partial charge in [0, 0.05) is 19.3 Å². The van der Waals surface area contributed by atoms with E-state index in [2.05, 4.69) is 0 Å². The third-order valence-corrected chi connectivity index (χ3v) is 2.82. The van der Waals surface area contributed by atoms with Gasteiger partial charge in [0.1, 0.15) is 6.07 Å². The number of nitrogens with zero attached hydrogens (tertiary/aromatic N) is 2. The Hall–Kier alpha value is -1.28. The molecule has 0 radical (unpaired) electrons. The molecular formula is C11H12F2N2S. The molecule has 86 valence electrons. The lowest BCUT2D eigenvalue weighted by Crippen LogP contribution is -2.21. The standard InChI is InChI=1S/C11H12F2N2S/c1-15(5-6-16-2)9-4-3-8(7-14)10(12)11(9)13/h3-4H,5-6H2,1-2H3. The van der Waals surface area contributed by atoms with Crippen LogP contribution in [0.3, 0.4) is 0 Å². The third-order valence-electron chi connectivity index (χ3n) is 2.22. The largest absolute Gasteiger partial charge is 0.371 e. The monoisotopic (exact) mass is 242 g/mol. The van der Waals surface area contributed by atoms with Crippen molar-refractivity contribution >= 4 is 17.4 Å². The minimum absolute atomic E-state index is 0.186. The Morgan fingerprint density at radius 2 is 2.06 bits per heavy atom. The van der Waals surface area contributed by atoms with Crippen LogP contribution in [0.15, 0.2) is 12.1 Å². The molecule has 0 heterocycles. The molecule has 0 atom stereocenters. The molecular weight excluding hydrogens is 230 g/mol. The zero-order valence-electron chi connectivity index (χ0n) is 9.13. The molecule has 0 aliphatic heterocycles. The van der Waals surface area contributed by atoms with Crippen molar-refractivity contribution in [2.24, 2.45) is 0 Å². The molecule has 0 spiro atoms. The summed E-state index contributed by atoms with van der Waals surface area (Å²) in [5.41, 5.74) is -0.0786. The predicted octanol–water partition coefficient (Wildman–Crippen LogP) is 2.64. The van der Waals surface area contributed by atoms with Crippen molar-refractivity contribution in [1.82, 2.24) is 0 Å². The first-order valence-corrected chi connectivity index (χ1v) is 6.09. The smallest absolute Gasteiger partial charge is 0.183 e. The molecule has 1 rings (SSSR count). The van der Waals surface area contributed by atoms with Gasteiger partial charge < -0.3 is 4.90 Å². The highest BCUT2D eigenvalue weighted by Gasteiger charge is 2.15. The van der Waals surface area contributed by atoms with E-state index in [0.717, 1.165) is 5.75 Å². The van der Waals surface area contributed by atoms with Crippen LogP contribution in [0.1, 0.15) is 5.56 Å². The van der Waals surface area contributed by atoms with Crippen LogP contribution in [0.4, 0.5) is 14.5 Å². The van der Waals surface area contributed by atoms with Crippen LogP contribution in [0, 0.1) is 23.0 Å². The number of anilines is 1. The van der Waals surface area contributed by atoms with Crippen molar-refractivity contribution < 1.29 is 8.78 Å². The van der Waals surface area contributed by atoms with Gasteiger partial charge in [0.25, 0.3) is 0 Å². The Kier molecular flexibility index (Phi) is 4.56. The lowest BCUT2D eigenvalue weighted by Gasteiger charge is -2.19. The van der Waals surface area contributed by atoms with Crippen molar-refractivity contribution in [2.45, 2.75) is 0 Å². The maximum absolute atomic E-state index is 13.6. The van der Waals surface area contributed by atoms with Crippen molar-refractivity contribution in [3.05, 3.63) is 29.3 Å². The second-order valence-corrected chi connectivity index (χ2v) is 4.27. The summed E-state index contributed by atoms with van der Waals surface area (Å²) in [4.78, 5) is 1.63. The molecule has 1 aromatic rings. The zero-order valence-corrected chi connectivity index (χ0v) is 9.94. The molecule has 2 nitrogen and oxygen atoms in total. The van der Waals surface area contributed by atoms with Gasteiger partial charge in [0.05, 0.1) is 11.3 Å². The molecule has 0 fully saturated rings. The number of hydrogen-bond donors (Lipinski definition) is 0. The normalized spacial score (nSPS) is 9.94. The second-order valence-electron chi connectivity index (χ2n) is 3.29. The molecule has 0 saturated heterocycles.